The third-order valence-electron chi connectivity index (χ3n) is 3.38. The van der Waals surface area contributed by atoms with Gasteiger partial charge >= 0.3 is 0 Å². The van der Waals surface area contributed by atoms with Crippen LogP contribution in [0.2, 0.25) is 5.02 Å². The highest BCUT2D eigenvalue weighted by Crippen LogP contribution is 2.31. The van der Waals surface area contributed by atoms with E-state index in [0.29, 0.717) is 21.4 Å². The Bertz CT molecular complexity index is 1030. The molecule has 23 heavy (non-hydrogen) atoms. The van der Waals surface area contributed by atoms with Gasteiger partial charge in [0.2, 0.25) is 4.96 Å². The molecule has 4 rings (SSSR count). The number of benzene rings is 1. The largest absolute Gasteiger partial charge is 0.265 e. The molecular weight excluding hydrogens is 339 g/mol. The normalized spacial score (nSPS) is 11.5. The van der Waals surface area contributed by atoms with E-state index in [1.54, 1.807) is 9.20 Å². The molecule has 0 N–H and O–H groups in total. The Kier molecular flexibility index (Phi) is 3.17. The third-order valence-corrected chi connectivity index (χ3v) is 4.63. The van der Waals surface area contributed by atoms with Crippen molar-refractivity contribution in [1.29, 1.82) is 0 Å². The first-order valence-corrected chi connectivity index (χ1v) is 7.91. The molecule has 1 aromatic carbocycles. The molecule has 0 aliphatic heterocycles. The number of hydrogen-bond donors (Lipinski definition) is 0. The van der Waals surface area contributed by atoms with Crippen LogP contribution in [0.1, 0.15) is 5.69 Å². The zero-order chi connectivity index (χ0) is 16.1. The van der Waals surface area contributed by atoms with Crippen molar-refractivity contribution in [2.45, 2.75) is 6.92 Å². The van der Waals surface area contributed by atoms with Gasteiger partial charge in [0.1, 0.15) is 5.82 Å². The summed E-state index contributed by atoms with van der Waals surface area (Å²) in [5, 5.41) is 18.2. The van der Waals surface area contributed by atoms with E-state index in [1.165, 1.54) is 29.5 Å². The van der Waals surface area contributed by atoms with Crippen molar-refractivity contribution in [3.63, 3.8) is 0 Å². The summed E-state index contributed by atoms with van der Waals surface area (Å²) in [7, 11) is 1.86. The molecule has 9 heteroatoms. The molecule has 0 fully saturated rings. The predicted octanol–water partition coefficient (Wildman–Crippen LogP) is 3.35. The van der Waals surface area contributed by atoms with Gasteiger partial charge in [0.05, 0.1) is 16.4 Å². The van der Waals surface area contributed by atoms with E-state index in [9.17, 15) is 4.39 Å². The van der Waals surface area contributed by atoms with Gasteiger partial charge in [-0.15, -0.1) is 10.2 Å². The SMILES string of the molecule is Cc1cc(-c2nn3c(-c4cc(F)ccc4Cl)nnc3s2)n(C)n1. The molecule has 3 heterocycles. The van der Waals surface area contributed by atoms with Gasteiger partial charge in [-0.1, -0.05) is 22.9 Å². The van der Waals surface area contributed by atoms with Gasteiger partial charge in [-0.3, -0.25) is 4.68 Å². The summed E-state index contributed by atoms with van der Waals surface area (Å²) in [5.41, 5.74) is 2.24. The molecule has 0 aliphatic carbocycles. The monoisotopic (exact) mass is 348 g/mol. The van der Waals surface area contributed by atoms with Gasteiger partial charge in [0, 0.05) is 12.6 Å². The minimum absolute atomic E-state index is 0.390. The third kappa shape index (κ3) is 2.30. The first-order chi connectivity index (χ1) is 11.0. The van der Waals surface area contributed by atoms with Crippen LogP contribution < -0.4 is 0 Å². The molecule has 0 bridgehead atoms. The Morgan fingerprint density at radius 2 is 2.00 bits per heavy atom. The average Bonchev–Trinajstić information content (AvgIpc) is 3.15. The molecule has 0 saturated heterocycles. The van der Waals surface area contributed by atoms with E-state index in [4.69, 9.17) is 11.6 Å². The van der Waals surface area contributed by atoms with Crippen LogP contribution in [0.15, 0.2) is 24.3 Å². The van der Waals surface area contributed by atoms with E-state index >= 15 is 0 Å². The Hall–Kier alpha value is -2.32. The van der Waals surface area contributed by atoms with E-state index in [0.717, 1.165) is 16.4 Å². The van der Waals surface area contributed by atoms with E-state index in [2.05, 4.69) is 20.4 Å². The van der Waals surface area contributed by atoms with Crippen LogP contribution in [0.3, 0.4) is 0 Å². The maximum Gasteiger partial charge on any atom is 0.235 e. The minimum atomic E-state index is -0.390. The highest BCUT2D eigenvalue weighted by Gasteiger charge is 2.18. The van der Waals surface area contributed by atoms with E-state index in [-0.39, 0.29) is 5.82 Å². The Morgan fingerprint density at radius 3 is 2.74 bits per heavy atom. The van der Waals surface area contributed by atoms with Gasteiger partial charge < -0.3 is 0 Å². The van der Waals surface area contributed by atoms with Crippen molar-refractivity contribution >= 4 is 27.9 Å². The first kappa shape index (κ1) is 14.3. The van der Waals surface area contributed by atoms with Crippen LogP contribution in [0.25, 0.3) is 27.1 Å². The summed E-state index contributed by atoms with van der Waals surface area (Å²) in [5.74, 6) is 0.0183. The van der Waals surface area contributed by atoms with Crippen molar-refractivity contribution in [2.24, 2.45) is 7.05 Å². The first-order valence-electron chi connectivity index (χ1n) is 6.71. The number of aryl methyl sites for hydroxylation is 2. The van der Waals surface area contributed by atoms with Crippen molar-refractivity contribution in [3.05, 3.63) is 40.8 Å². The molecule has 116 valence electrons. The van der Waals surface area contributed by atoms with Crippen molar-refractivity contribution in [1.82, 2.24) is 29.6 Å². The number of fused-ring (bicyclic) bond motifs is 1. The zero-order valence-electron chi connectivity index (χ0n) is 12.2. The number of aromatic nitrogens is 6. The predicted molar refractivity (Wildman–Crippen MR) is 86.0 cm³/mol. The second kappa shape index (κ2) is 5.10. The van der Waals surface area contributed by atoms with Crippen LogP contribution in [-0.4, -0.2) is 29.6 Å². The highest BCUT2D eigenvalue weighted by molar-refractivity contribution is 7.19. The Balaban J connectivity index is 1.90. The number of nitrogens with zero attached hydrogens (tertiary/aromatic N) is 6. The summed E-state index contributed by atoms with van der Waals surface area (Å²) < 4.78 is 16.9. The molecule has 0 unspecified atom stereocenters. The van der Waals surface area contributed by atoms with Crippen LogP contribution in [0.4, 0.5) is 4.39 Å². The second-order valence-electron chi connectivity index (χ2n) is 5.04. The zero-order valence-corrected chi connectivity index (χ0v) is 13.7. The van der Waals surface area contributed by atoms with Crippen LogP contribution in [0.5, 0.6) is 0 Å². The molecule has 4 aromatic rings. The molecule has 3 aromatic heterocycles. The standard InChI is InChI=1S/C14H10ClFN6S/c1-7-5-11(21(2)19-7)13-20-22-12(17-18-14(22)23-13)9-6-8(16)3-4-10(9)15/h3-6H,1-2H3. The van der Waals surface area contributed by atoms with E-state index < -0.39 is 0 Å². The number of hydrogen-bond acceptors (Lipinski definition) is 5. The second-order valence-corrected chi connectivity index (χ2v) is 6.41. The van der Waals surface area contributed by atoms with Crippen molar-refractivity contribution in [2.75, 3.05) is 0 Å². The van der Waals surface area contributed by atoms with Crippen LogP contribution in [0, 0.1) is 12.7 Å². The molecule has 0 amide bonds. The average molecular weight is 349 g/mol. The lowest BCUT2D eigenvalue weighted by atomic mass is 10.2. The van der Waals surface area contributed by atoms with Gasteiger partial charge in [0.25, 0.3) is 0 Å². The smallest absolute Gasteiger partial charge is 0.235 e. The van der Waals surface area contributed by atoms with Crippen molar-refractivity contribution < 1.29 is 4.39 Å². The van der Waals surface area contributed by atoms with Gasteiger partial charge in [-0.2, -0.15) is 14.7 Å². The summed E-state index contributed by atoms with van der Waals surface area (Å²) in [6, 6.07) is 6.06. The van der Waals surface area contributed by atoms with Crippen LogP contribution >= 0.6 is 22.9 Å². The summed E-state index contributed by atoms with van der Waals surface area (Å²) in [6.45, 7) is 1.92. The highest BCUT2D eigenvalue weighted by atomic mass is 35.5. The molecule has 0 aliphatic rings. The molecule has 0 spiro atoms. The maximum atomic E-state index is 13.5. The summed E-state index contributed by atoms with van der Waals surface area (Å²) >= 11 is 7.54. The minimum Gasteiger partial charge on any atom is -0.265 e. The topological polar surface area (TPSA) is 60.9 Å². The lowest BCUT2D eigenvalue weighted by molar-refractivity contribution is 0.628. The summed E-state index contributed by atoms with van der Waals surface area (Å²) in [4.78, 5) is 0.606. The van der Waals surface area contributed by atoms with Crippen molar-refractivity contribution in [3.8, 4) is 22.1 Å². The molecule has 0 saturated carbocycles. The summed E-state index contributed by atoms with van der Waals surface area (Å²) in [6.07, 6.45) is 0. The Morgan fingerprint density at radius 1 is 1.17 bits per heavy atom. The fourth-order valence-corrected chi connectivity index (χ4v) is 3.46. The quantitative estimate of drug-likeness (QED) is 0.557. The lowest BCUT2D eigenvalue weighted by Crippen LogP contribution is -1.96. The van der Waals surface area contributed by atoms with Crippen LogP contribution in [-0.2, 0) is 7.05 Å². The molecule has 6 nitrogen and oxygen atoms in total. The lowest BCUT2D eigenvalue weighted by Gasteiger charge is -2.00. The Labute approximate surface area is 139 Å². The fraction of sp³-hybridized carbons (Fsp3) is 0.143. The number of rotatable bonds is 2. The molecule has 0 atom stereocenters. The fourth-order valence-electron chi connectivity index (χ4n) is 2.37. The van der Waals surface area contributed by atoms with Gasteiger partial charge in [0.15, 0.2) is 10.8 Å². The maximum absolute atomic E-state index is 13.5. The number of halogens is 2. The van der Waals surface area contributed by atoms with Gasteiger partial charge in [-0.25, -0.2) is 4.39 Å². The van der Waals surface area contributed by atoms with E-state index in [1.807, 2.05) is 20.0 Å². The molecule has 0 radical (unpaired) electrons. The molecular formula is C14H10ClFN6S. The van der Waals surface area contributed by atoms with Gasteiger partial charge in [-0.05, 0) is 31.2 Å².